The molecule has 0 spiro atoms. The van der Waals surface area contributed by atoms with Crippen LogP contribution < -0.4 is 5.32 Å². The predicted molar refractivity (Wildman–Crippen MR) is 76.8 cm³/mol. The van der Waals surface area contributed by atoms with Crippen molar-refractivity contribution in [1.29, 1.82) is 0 Å². The van der Waals surface area contributed by atoms with E-state index in [1.165, 1.54) is 17.1 Å². The molecule has 1 N–H and O–H groups in total. The Hall–Kier alpha value is -0.410. The van der Waals surface area contributed by atoms with Gasteiger partial charge in [0.1, 0.15) is 0 Å². The first kappa shape index (κ1) is 14.7. The van der Waals surface area contributed by atoms with Crippen molar-refractivity contribution in [3.05, 3.63) is 16.1 Å². The van der Waals surface area contributed by atoms with Gasteiger partial charge in [0.25, 0.3) is 0 Å². The van der Waals surface area contributed by atoms with E-state index in [1.54, 1.807) is 0 Å². The van der Waals surface area contributed by atoms with Gasteiger partial charge in [0, 0.05) is 23.3 Å². The van der Waals surface area contributed by atoms with Crippen LogP contribution in [0.1, 0.15) is 51.7 Å². The third-order valence-corrected chi connectivity index (χ3v) is 4.31. The summed E-state index contributed by atoms with van der Waals surface area (Å²) >= 11 is 1.81. The molecule has 2 unspecified atom stereocenters. The van der Waals surface area contributed by atoms with E-state index in [1.807, 2.05) is 18.4 Å². The van der Waals surface area contributed by atoms with Crippen LogP contribution in [0.25, 0.3) is 0 Å². The molecule has 0 fully saturated rings. The third-order valence-electron chi connectivity index (χ3n) is 3.44. The number of thiazole rings is 1. The average molecular weight is 254 g/mol. The summed E-state index contributed by atoms with van der Waals surface area (Å²) in [6.45, 7) is 11.2. The number of hydrogen-bond acceptors (Lipinski definition) is 3. The molecule has 2 atom stereocenters. The van der Waals surface area contributed by atoms with Crippen LogP contribution in [0.3, 0.4) is 0 Å². The van der Waals surface area contributed by atoms with E-state index in [-0.39, 0.29) is 5.41 Å². The van der Waals surface area contributed by atoms with Crippen LogP contribution in [0, 0.1) is 5.92 Å². The van der Waals surface area contributed by atoms with Gasteiger partial charge in [-0.15, -0.1) is 11.3 Å². The minimum Gasteiger partial charge on any atom is -0.317 e. The van der Waals surface area contributed by atoms with E-state index < -0.39 is 0 Å². The lowest BCUT2D eigenvalue weighted by atomic mass is 9.93. The monoisotopic (exact) mass is 254 g/mol. The number of hydrogen-bond donors (Lipinski definition) is 1. The molecule has 0 radical (unpaired) electrons. The van der Waals surface area contributed by atoms with Crippen molar-refractivity contribution in [3.63, 3.8) is 0 Å². The highest BCUT2D eigenvalue weighted by Gasteiger charge is 2.20. The van der Waals surface area contributed by atoms with Crippen LogP contribution in [0.2, 0.25) is 0 Å². The van der Waals surface area contributed by atoms with Crippen LogP contribution >= 0.6 is 11.3 Å². The van der Waals surface area contributed by atoms with E-state index in [2.05, 4.69) is 45.3 Å². The first-order valence-electron chi connectivity index (χ1n) is 6.50. The average Bonchev–Trinajstić information content (AvgIpc) is 2.73. The molecule has 0 aliphatic rings. The van der Waals surface area contributed by atoms with Gasteiger partial charge in [-0.1, -0.05) is 34.1 Å². The molecule has 1 heterocycles. The van der Waals surface area contributed by atoms with E-state index in [4.69, 9.17) is 4.98 Å². The van der Waals surface area contributed by atoms with Gasteiger partial charge in [0.15, 0.2) is 0 Å². The van der Waals surface area contributed by atoms with Crippen LogP contribution in [0.5, 0.6) is 0 Å². The van der Waals surface area contributed by atoms with Gasteiger partial charge >= 0.3 is 0 Å². The van der Waals surface area contributed by atoms with Crippen molar-refractivity contribution in [2.24, 2.45) is 5.92 Å². The maximum atomic E-state index is 4.78. The van der Waals surface area contributed by atoms with Crippen LogP contribution in [-0.4, -0.2) is 18.1 Å². The zero-order valence-electron chi connectivity index (χ0n) is 12.0. The van der Waals surface area contributed by atoms with Crippen molar-refractivity contribution in [1.82, 2.24) is 10.3 Å². The summed E-state index contributed by atoms with van der Waals surface area (Å²) < 4.78 is 0. The molecule has 0 saturated heterocycles. The van der Waals surface area contributed by atoms with Crippen molar-refractivity contribution in [3.8, 4) is 0 Å². The van der Waals surface area contributed by atoms with Gasteiger partial charge in [0.05, 0.1) is 10.7 Å². The minimum atomic E-state index is 0.172. The number of nitrogens with zero attached hydrogens (tertiary/aromatic N) is 1. The van der Waals surface area contributed by atoms with Crippen molar-refractivity contribution in [2.75, 3.05) is 7.05 Å². The molecule has 0 amide bonds. The summed E-state index contributed by atoms with van der Waals surface area (Å²) in [7, 11) is 2.04. The quantitative estimate of drug-likeness (QED) is 0.868. The standard InChI is InChI=1S/C14H26N2S/c1-7-11(10(2)15-6)8-13-16-12(9-17-13)14(3,4)5/h9-11,15H,7-8H2,1-6H3. The maximum absolute atomic E-state index is 4.78. The van der Waals surface area contributed by atoms with E-state index in [9.17, 15) is 0 Å². The fourth-order valence-electron chi connectivity index (χ4n) is 1.88. The highest BCUT2D eigenvalue weighted by Crippen LogP contribution is 2.26. The molecule has 2 nitrogen and oxygen atoms in total. The molecule has 0 saturated carbocycles. The first-order chi connectivity index (χ1) is 7.88. The molecular formula is C14H26N2S. The molecule has 1 rings (SSSR count). The number of aromatic nitrogens is 1. The van der Waals surface area contributed by atoms with Crippen LogP contribution in [0.15, 0.2) is 5.38 Å². The third kappa shape index (κ3) is 4.07. The summed E-state index contributed by atoms with van der Waals surface area (Å²) in [5.41, 5.74) is 1.40. The topological polar surface area (TPSA) is 24.9 Å². The second kappa shape index (κ2) is 5.96. The molecule has 1 aromatic rings. The van der Waals surface area contributed by atoms with Gasteiger partial charge < -0.3 is 5.32 Å². The summed E-state index contributed by atoms with van der Waals surface area (Å²) in [4.78, 5) is 4.78. The Bertz CT molecular complexity index is 338. The lowest BCUT2D eigenvalue weighted by Crippen LogP contribution is -2.31. The molecule has 1 aromatic heterocycles. The molecule has 0 aromatic carbocycles. The van der Waals surface area contributed by atoms with Gasteiger partial charge in [-0.25, -0.2) is 4.98 Å². The summed E-state index contributed by atoms with van der Waals surface area (Å²) in [5, 5.41) is 6.85. The second-order valence-corrected chi connectivity index (χ2v) is 6.77. The zero-order valence-corrected chi connectivity index (χ0v) is 12.8. The highest BCUT2D eigenvalue weighted by atomic mass is 32.1. The van der Waals surface area contributed by atoms with Crippen molar-refractivity contribution in [2.45, 2.75) is 58.9 Å². The van der Waals surface area contributed by atoms with Crippen molar-refractivity contribution >= 4 is 11.3 Å². The fourth-order valence-corrected chi connectivity index (χ4v) is 3.00. The summed E-state index contributed by atoms with van der Waals surface area (Å²) in [6.07, 6.45) is 2.30. The largest absolute Gasteiger partial charge is 0.317 e. The Labute approximate surface area is 110 Å². The van der Waals surface area contributed by atoms with E-state index in [0.717, 1.165) is 6.42 Å². The molecule has 0 aliphatic carbocycles. The summed E-state index contributed by atoms with van der Waals surface area (Å²) in [5.74, 6) is 0.680. The van der Waals surface area contributed by atoms with Gasteiger partial charge in [-0.2, -0.15) is 0 Å². The Balaban J connectivity index is 2.71. The minimum absolute atomic E-state index is 0.172. The first-order valence-corrected chi connectivity index (χ1v) is 7.38. The van der Waals surface area contributed by atoms with Crippen molar-refractivity contribution < 1.29 is 0 Å². The zero-order chi connectivity index (χ0) is 13.1. The molecule has 0 bridgehead atoms. The molecular weight excluding hydrogens is 228 g/mol. The van der Waals surface area contributed by atoms with Crippen LogP contribution in [-0.2, 0) is 11.8 Å². The Morgan fingerprint density at radius 2 is 2.06 bits per heavy atom. The molecule has 3 heteroatoms. The fraction of sp³-hybridized carbons (Fsp3) is 0.786. The van der Waals surface area contributed by atoms with E-state index >= 15 is 0 Å². The van der Waals surface area contributed by atoms with E-state index in [0.29, 0.717) is 12.0 Å². The Morgan fingerprint density at radius 3 is 2.47 bits per heavy atom. The lowest BCUT2D eigenvalue weighted by Gasteiger charge is -2.21. The molecule has 17 heavy (non-hydrogen) atoms. The van der Waals surface area contributed by atoms with Gasteiger partial charge in [-0.05, 0) is 19.9 Å². The second-order valence-electron chi connectivity index (χ2n) is 5.83. The number of nitrogens with one attached hydrogen (secondary N) is 1. The van der Waals surface area contributed by atoms with Crippen LogP contribution in [0.4, 0.5) is 0 Å². The maximum Gasteiger partial charge on any atom is 0.0931 e. The van der Waals surface area contributed by atoms with Gasteiger partial charge in [-0.3, -0.25) is 0 Å². The smallest absolute Gasteiger partial charge is 0.0931 e. The van der Waals surface area contributed by atoms with Gasteiger partial charge in [0.2, 0.25) is 0 Å². The SMILES string of the molecule is CCC(Cc1nc(C(C)(C)C)cs1)C(C)NC. The Morgan fingerprint density at radius 1 is 1.41 bits per heavy atom. The number of rotatable bonds is 5. The highest BCUT2D eigenvalue weighted by molar-refractivity contribution is 7.09. The lowest BCUT2D eigenvalue weighted by molar-refractivity contribution is 0.380. The normalized spacial score (nSPS) is 15.9. The molecule has 98 valence electrons. The molecule has 0 aliphatic heterocycles. The predicted octanol–water partition coefficient (Wildman–Crippen LogP) is 3.62. The Kier molecular flexibility index (Phi) is 5.14. The summed E-state index contributed by atoms with van der Waals surface area (Å²) in [6, 6.07) is 0.557.